The van der Waals surface area contributed by atoms with E-state index in [0.717, 1.165) is 30.1 Å². The fourth-order valence-electron chi connectivity index (χ4n) is 9.45. The minimum Gasteiger partial charge on any atom is -0.468 e. The third kappa shape index (κ3) is 8.51. The van der Waals surface area contributed by atoms with E-state index in [2.05, 4.69) is 80.5 Å². The lowest BCUT2D eigenvalue weighted by atomic mass is 9.95. The van der Waals surface area contributed by atoms with Gasteiger partial charge in [-0.25, -0.2) is 13.6 Å². The topological polar surface area (TPSA) is 99.1 Å². The number of anilines is 1. The molecule has 0 N–H and O–H groups in total. The number of fused-ring (bicyclic) bond motifs is 4. The number of hydrogen-bond donors (Lipinski definition) is 0. The molecule has 0 spiro atoms. The Kier molecular flexibility index (Phi) is 12.7. The zero-order chi connectivity index (χ0) is 43.3. The lowest BCUT2D eigenvalue weighted by Gasteiger charge is -2.42. The fourth-order valence-corrected chi connectivity index (χ4v) is 15.6. The molecular weight excluding hydrogens is 896 g/mol. The van der Waals surface area contributed by atoms with E-state index < -0.39 is 25.3 Å². The summed E-state index contributed by atoms with van der Waals surface area (Å²) in [7, 11) is -0.770. The van der Waals surface area contributed by atoms with Crippen molar-refractivity contribution in [3.8, 4) is 34.5 Å². The lowest BCUT2D eigenvalue weighted by molar-refractivity contribution is 0.0122. The standard InChI is InChI=1S/C46H58F2IN5O5Si/c1-27(2)60(28(3)4,29(5)6)18-15-34-37(47)14-11-30-19-33(58-26-56-10)20-35(38(30)34)40-39(48)41-36(21-50-40)42(52-43(51-41)57-25-46(24-49)16-17-46)53-22-31-12-13-32(23-53)54(31)44(55)59-45(7,8)9/h11,14,19-21,27-29,31-32H,12-13,16-17,22-26H2,1-10H3. The Hall–Kier alpha value is -3.81. The number of nitrogens with zero attached hydrogens (tertiary/aromatic N) is 5. The van der Waals surface area contributed by atoms with E-state index in [9.17, 15) is 4.79 Å². The Morgan fingerprint density at radius 2 is 1.67 bits per heavy atom. The van der Waals surface area contributed by atoms with Crippen molar-refractivity contribution >= 4 is 64.3 Å². The number of alkyl halides is 1. The zero-order valence-electron chi connectivity index (χ0n) is 36.5. The van der Waals surface area contributed by atoms with Gasteiger partial charge >= 0.3 is 12.1 Å². The number of piperazine rings is 1. The first-order valence-electron chi connectivity index (χ1n) is 21.1. The molecule has 2 saturated heterocycles. The van der Waals surface area contributed by atoms with Gasteiger partial charge in [0.05, 0.1) is 29.6 Å². The molecule has 10 nitrogen and oxygen atoms in total. The van der Waals surface area contributed by atoms with Crippen LogP contribution in [-0.2, 0) is 9.47 Å². The number of carbonyl (C=O) groups excluding carboxylic acids is 1. The van der Waals surface area contributed by atoms with Gasteiger partial charge in [0.1, 0.15) is 42.3 Å². The Morgan fingerprint density at radius 1 is 1.00 bits per heavy atom. The van der Waals surface area contributed by atoms with E-state index in [1.807, 2.05) is 25.7 Å². The number of benzene rings is 2. The first-order valence-corrected chi connectivity index (χ1v) is 24.9. The second kappa shape index (κ2) is 17.2. The minimum atomic E-state index is -2.29. The van der Waals surface area contributed by atoms with Crippen LogP contribution in [0.15, 0.2) is 30.5 Å². The van der Waals surface area contributed by atoms with Crippen LogP contribution in [-0.4, -0.2) is 89.7 Å². The van der Waals surface area contributed by atoms with Crippen molar-refractivity contribution in [1.29, 1.82) is 0 Å². The van der Waals surface area contributed by atoms with Crippen LogP contribution in [0.4, 0.5) is 19.4 Å². The van der Waals surface area contributed by atoms with Crippen molar-refractivity contribution in [3.05, 3.63) is 47.7 Å². The third-order valence-corrected chi connectivity index (χ3v) is 20.6. The van der Waals surface area contributed by atoms with Crippen molar-refractivity contribution in [3.63, 3.8) is 0 Å². The number of aromatic nitrogens is 3. The average molecular weight is 954 g/mol. The number of hydrogen-bond acceptors (Lipinski definition) is 9. The van der Waals surface area contributed by atoms with Crippen molar-refractivity contribution in [1.82, 2.24) is 19.9 Å². The van der Waals surface area contributed by atoms with Crippen molar-refractivity contribution in [2.75, 3.05) is 42.9 Å². The van der Waals surface area contributed by atoms with Crippen molar-refractivity contribution in [2.24, 2.45) is 5.41 Å². The first kappa shape index (κ1) is 44.2. The average Bonchev–Trinajstić information content (AvgIpc) is 3.92. The van der Waals surface area contributed by atoms with E-state index in [4.69, 9.17) is 33.9 Å². The second-order valence-electron chi connectivity index (χ2n) is 18.8. The van der Waals surface area contributed by atoms with Crippen LogP contribution in [0.2, 0.25) is 16.6 Å². The second-order valence-corrected chi connectivity index (χ2v) is 25.1. The third-order valence-electron chi connectivity index (χ3n) is 12.7. The predicted molar refractivity (Wildman–Crippen MR) is 244 cm³/mol. The summed E-state index contributed by atoms with van der Waals surface area (Å²) < 4.78 is 58.1. The highest BCUT2D eigenvalue weighted by molar-refractivity contribution is 14.1. The molecule has 1 aliphatic carbocycles. The van der Waals surface area contributed by atoms with Gasteiger partial charge in [0.25, 0.3) is 0 Å². The molecule has 2 aromatic carbocycles. The summed E-state index contributed by atoms with van der Waals surface area (Å²) in [6.45, 7) is 20.2. The highest BCUT2D eigenvalue weighted by Gasteiger charge is 2.46. The Balaban J connectivity index is 1.40. The van der Waals surface area contributed by atoms with Gasteiger partial charge in [-0.05, 0) is 86.7 Å². The SMILES string of the molecule is COCOc1cc(-c2ncc3c(N4CC5CCC(C4)N5C(=O)OC(C)(C)C)nc(OCC4(CI)CC4)nc3c2F)c2c(C#C[Si](C(C)C)(C(C)C)C(C)C)c(F)ccc2c1. The molecule has 322 valence electrons. The molecule has 2 atom stereocenters. The number of halogens is 3. The fraction of sp³-hybridized carbons (Fsp3) is 0.565. The lowest BCUT2D eigenvalue weighted by Crippen LogP contribution is -2.57. The normalized spacial score (nSPS) is 18.7. The summed E-state index contributed by atoms with van der Waals surface area (Å²) in [6.07, 6.45) is 4.98. The smallest absolute Gasteiger partial charge is 0.410 e. The largest absolute Gasteiger partial charge is 0.468 e. The van der Waals surface area contributed by atoms with Crippen molar-refractivity contribution in [2.45, 2.75) is 122 Å². The van der Waals surface area contributed by atoms with E-state index in [1.54, 1.807) is 24.4 Å². The maximum atomic E-state index is 17.7. The summed E-state index contributed by atoms with van der Waals surface area (Å²) in [5, 5.41) is 1.47. The molecule has 0 radical (unpaired) electrons. The number of ether oxygens (including phenoxy) is 4. The van der Waals surface area contributed by atoms with E-state index in [1.165, 1.54) is 13.2 Å². The van der Waals surface area contributed by atoms with Crippen LogP contribution in [0, 0.1) is 28.5 Å². The van der Waals surface area contributed by atoms with Crippen LogP contribution in [0.3, 0.4) is 0 Å². The van der Waals surface area contributed by atoms with Gasteiger partial charge in [0.2, 0.25) is 0 Å². The minimum absolute atomic E-state index is 0.0274. The van der Waals surface area contributed by atoms with Gasteiger partial charge in [-0.1, -0.05) is 76.1 Å². The van der Waals surface area contributed by atoms with Gasteiger partial charge in [-0.15, -0.1) is 5.54 Å². The van der Waals surface area contributed by atoms with Crippen molar-refractivity contribution < 1.29 is 32.5 Å². The van der Waals surface area contributed by atoms with Crippen LogP contribution in [0.5, 0.6) is 11.8 Å². The number of amides is 1. The van der Waals surface area contributed by atoms with Gasteiger partial charge < -0.3 is 23.8 Å². The summed E-state index contributed by atoms with van der Waals surface area (Å²) in [4.78, 5) is 31.7. The van der Waals surface area contributed by atoms with Gasteiger partial charge in [-0.3, -0.25) is 9.88 Å². The summed E-state index contributed by atoms with van der Waals surface area (Å²) in [6, 6.07) is 6.38. The Labute approximate surface area is 367 Å². The Bertz CT molecular complexity index is 2300. The monoisotopic (exact) mass is 953 g/mol. The highest BCUT2D eigenvalue weighted by atomic mass is 127. The quantitative estimate of drug-likeness (QED) is 0.0452. The molecule has 60 heavy (non-hydrogen) atoms. The summed E-state index contributed by atoms with van der Waals surface area (Å²) in [5.41, 5.74) is 4.59. The zero-order valence-corrected chi connectivity index (χ0v) is 39.7. The Morgan fingerprint density at radius 3 is 2.25 bits per heavy atom. The van der Waals surface area contributed by atoms with E-state index >= 15 is 8.78 Å². The molecule has 4 heterocycles. The maximum Gasteiger partial charge on any atom is 0.410 e. The predicted octanol–water partition coefficient (Wildman–Crippen LogP) is 10.9. The first-order chi connectivity index (χ1) is 28.4. The highest BCUT2D eigenvalue weighted by Crippen LogP contribution is 2.48. The number of rotatable bonds is 12. The van der Waals surface area contributed by atoms with Crippen LogP contribution >= 0.6 is 22.6 Å². The van der Waals surface area contributed by atoms with Gasteiger partial charge in [-0.2, -0.15) is 9.97 Å². The summed E-state index contributed by atoms with van der Waals surface area (Å²) >= 11 is 2.38. The molecule has 1 amide bonds. The molecule has 2 bridgehead atoms. The molecule has 2 aromatic heterocycles. The molecule has 3 fully saturated rings. The van der Waals surface area contributed by atoms with Gasteiger partial charge in [0, 0.05) is 47.2 Å². The van der Waals surface area contributed by atoms with Crippen LogP contribution < -0.4 is 14.4 Å². The molecule has 2 aliphatic heterocycles. The van der Waals surface area contributed by atoms with Crippen LogP contribution in [0.25, 0.3) is 32.9 Å². The molecule has 14 heteroatoms. The molecular formula is C46H58F2IN5O5Si. The van der Waals surface area contributed by atoms with E-state index in [-0.39, 0.29) is 53.2 Å². The molecule has 3 aliphatic rings. The number of methoxy groups -OCH3 is 1. The van der Waals surface area contributed by atoms with Crippen LogP contribution in [0.1, 0.15) is 93.6 Å². The number of pyridine rings is 1. The molecule has 2 unspecified atom stereocenters. The summed E-state index contributed by atoms with van der Waals surface area (Å²) in [5.74, 6) is 3.04. The maximum absolute atomic E-state index is 17.7. The molecule has 1 saturated carbocycles. The number of carbonyl (C=O) groups is 1. The van der Waals surface area contributed by atoms with Gasteiger partial charge in [0.15, 0.2) is 12.6 Å². The van der Waals surface area contributed by atoms with E-state index in [0.29, 0.717) is 69.6 Å². The molecule has 4 aromatic rings. The molecule has 7 rings (SSSR count).